The molecule has 3 N–H and O–H groups in total. The van der Waals surface area contributed by atoms with Crippen molar-refractivity contribution in [2.75, 3.05) is 11.9 Å². The Balaban J connectivity index is 1.34. The summed E-state index contributed by atoms with van der Waals surface area (Å²) in [5.74, 6) is 1.05. The zero-order valence-corrected chi connectivity index (χ0v) is 19.3. The van der Waals surface area contributed by atoms with Crippen LogP contribution in [0.2, 0.25) is 5.02 Å². The van der Waals surface area contributed by atoms with E-state index < -0.39 is 18.3 Å². The van der Waals surface area contributed by atoms with Crippen LogP contribution in [0.25, 0.3) is 11.4 Å². The molecule has 3 aromatic rings. The van der Waals surface area contributed by atoms with E-state index in [4.69, 9.17) is 16.0 Å². The number of piperidine rings is 1. The predicted octanol–water partition coefficient (Wildman–Crippen LogP) is 4.09. The summed E-state index contributed by atoms with van der Waals surface area (Å²) in [6, 6.07) is 4.68. The van der Waals surface area contributed by atoms with Gasteiger partial charge >= 0.3 is 12.2 Å². The first-order valence-corrected chi connectivity index (χ1v) is 11.4. The molecule has 3 aliphatic rings. The number of fused-ring (bicyclic) bond motifs is 2. The van der Waals surface area contributed by atoms with Gasteiger partial charge in [0.05, 0.1) is 18.1 Å². The molecule has 2 saturated heterocycles. The Labute approximate surface area is 202 Å². The molecule has 1 aliphatic carbocycles. The smallest absolute Gasteiger partial charge is 0.401 e. The number of nitrogens with zero attached hydrogens (tertiary/aromatic N) is 5. The summed E-state index contributed by atoms with van der Waals surface area (Å²) in [4.78, 5) is 19.2. The lowest BCUT2D eigenvalue weighted by Crippen LogP contribution is -2.70. The van der Waals surface area contributed by atoms with Crippen LogP contribution in [0.1, 0.15) is 38.0 Å². The Kier molecular flexibility index (Phi) is 5.91. The molecule has 3 atom stereocenters. The van der Waals surface area contributed by atoms with E-state index in [9.17, 15) is 18.0 Å². The predicted molar refractivity (Wildman–Crippen MR) is 118 cm³/mol. The van der Waals surface area contributed by atoms with Crippen LogP contribution >= 0.6 is 11.6 Å². The molecule has 2 bridgehead atoms. The van der Waals surface area contributed by atoms with Crippen molar-refractivity contribution >= 4 is 23.3 Å². The van der Waals surface area contributed by atoms with Crippen LogP contribution in [0.4, 0.5) is 23.7 Å². The Morgan fingerprint density at radius 2 is 2.17 bits per heavy atom. The number of hydrogen-bond donors (Lipinski definition) is 3. The van der Waals surface area contributed by atoms with Gasteiger partial charge in [0.1, 0.15) is 11.9 Å². The van der Waals surface area contributed by atoms with E-state index in [1.54, 1.807) is 23.1 Å². The van der Waals surface area contributed by atoms with Crippen molar-refractivity contribution in [3.05, 3.63) is 41.3 Å². The fraction of sp³-hybridized carbons (Fsp3) is 0.476. The van der Waals surface area contributed by atoms with Gasteiger partial charge in [0.25, 0.3) is 0 Å². The molecule has 0 spiro atoms. The molecular formula is C21H22ClF3N8O2. The second-order valence-corrected chi connectivity index (χ2v) is 9.39. The maximum absolute atomic E-state index is 13.4. The Morgan fingerprint density at radius 1 is 1.34 bits per heavy atom. The number of carbonyl (C=O) groups is 1. The molecule has 0 unspecified atom stereocenters. The first kappa shape index (κ1) is 23.5. The summed E-state index contributed by atoms with van der Waals surface area (Å²) in [6.45, 7) is 0.699. The zero-order valence-electron chi connectivity index (χ0n) is 18.6. The van der Waals surface area contributed by atoms with E-state index >= 15 is 0 Å². The van der Waals surface area contributed by atoms with Gasteiger partial charge in [0, 0.05) is 23.7 Å². The number of alkyl halides is 3. The van der Waals surface area contributed by atoms with Crippen molar-refractivity contribution in [2.45, 2.75) is 50.5 Å². The number of carbonyl (C=O) groups excluding carboxylic acids is 1. The average molecular weight is 511 g/mol. The standard InChI is InChI=1S/C21H22ClF3N8O2/c1-11-4-13-7-20(6-11,18-32-30-16(35-18)8-26-9-21(23,24)25)33(13)19(34)29-12-2-3-15(22)14(5-12)17-27-10-28-31-17/h2-3,5,10-11,13,26H,4,6-9H2,1H3,(H,29,34)(H,27,28,31)/t11-,13-,20+/m0/s1. The van der Waals surface area contributed by atoms with Crippen molar-refractivity contribution in [1.82, 2.24) is 35.6 Å². The summed E-state index contributed by atoms with van der Waals surface area (Å²) >= 11 is 6.28. The summed E-state index contributed by atoms with van der Waals surface area (Å²) in [6.07, 6.45) is -0.899. The Bertz CT molecular complexity index is 1220. The van der Waals surface area contributed by atoms with Gasteiger partial charge in [-0.25, -0.2) is 9.78 Å². The second-order valence-electron chi connectivity index (χ2n) is 8.98. The number of aromatic amines is 1. The molecule has 186 valence electrons. The molecule has 2 aliphatic heterocycles. The molecule has 2 amide bonds. The monoisotopic (exact) mass is 510 g/mol. The van der Waals surface area contributed by atoms with Crippen LogP contribution in [-0.4, -0.2) is 55.1 Å². The molecule has 4 heterocycles. The van der Waals surface area contributed by atoms with Gasteiger partial charge < -0.3 is 20.0 Å². The molecule has 1 saturated carbocycles. The SMILES string of the molecule is C[C@H]1C[C@H]2C[C@@](c3nnc(CNCC(F)(F)F)o3)(C1)N2C(=O)Nc1ccc(Cl)c(-c2ncn[nH]2)c1. The van der Waals surface area contributed by atoms with E-state index in [0.717, 1.165) is 6.42 Å². The molecule has 2 aromatic heterocycles. The summed E-state index contributed by atoms with van der Waals surface area (Å²) in [5.41, 5.74) is 0.297. The molecule has 0 radical (unpaired) electrons. The number of benzene rings is 1. The number of rotatable bonds is 6. The average Bonchev–Trinajstić information content (AvgIpc) is 3.46. The summed E-state index contributed by atoms with van der Waals surface area (Å²) in [7, 11) is 0. The van der Waals surface area contributed by atoms with E-state index in [1.807, 2.05) is 0 Å². The van der Waals surface area contributed by atoms with Crippen LogP contribution in [0, 0.1) is 5.92 Å². The third-order valence-corrected chi connectivity index (χ3v) is 6.66. The summed E-state index contributed by atoms with van der Waals surface area (Å²) in [5, 5.41) is 20.2. The normalized spacial score (nSPS) is 23.7. The van der Waals surface area contributed by atoms with E-state index in [-0.39, 0.29) is 30.4 Å². The van der Waals surface area contributed by atoms with Crippen LogP contribution in [0.3, 0.4) is 0 Å². The molecule has 6 rings (SSSR count). The van der Waals surface area contributed by atoms with Gasteiger partial charge in [0.15, 0.2) is 5.82 Å². The van der Waals surface area contributed by atoms with Gasteiger partial charge in [0.2, 0.25) is 11.8 Å². The van der Waals surface area contributed by atoms with Crippen molar-refractivity contribution in [3.8, 4) is 11.4 Å². The van der Waals surface area contributed by atoms with Crippen molar-refractivity contribution < 1.29 is 22.4 Å². The minimum Gasteiger partial charge on any atom is -0.421 e. The number of halogens is 4. The highest BCUT2D eigenvalue weighted by atomic mass is 35.5. The van der Waals surface area contributed by atoms with E-state index in [2.05, 4.69) is 42.9 Å². The van der Waals surface area contributed by atoms with E-state index in [0.29, 0.717) is 40.9 Å². The van der Waals surface area contributed by atoms with Gasteiger partial charge in [-0.3, -0.25) is 5.10 Å². The first-order valence-electron chi connectivity index (χ1n) is 11.0. The number of amides is 2. The zero-order chi connectivity index (χ0) is 24.8. The highest BCUT2D eigenvalue weighted by Gasteiger charge is 2.62. The number of urea groups is 1. The third-order valence-electron chi connectivity index (χ3n) is 6.33. The number of nitrogens with one attached hydrogen (secondary N) is 3. The lowest BCUT2D eigenvalue weighted by atomic mass is 9.64. The van der Waals surface area contributed by atoms with Gasteiger partial charge in [-0.2, -0.15) is 18.3 Å². The second kappa shape index (κ2) is 8.79. The quantitative estimate of drug-likeness (QED) is 0.456. The van der Waals surface area contributed by atoms with E-state index in [1.165, 1.54) is 6.33 Å². The Hall–Kier alpha value is -3.19. The fourth-order valence-corrected chi connectivity index (χ4v) is 5.28. The molecule has 3 fully saturated rings. The minimum atomic E-state index is -4.34. The first-order chi connectivity index (χ1) is 16.6. The van der Waals surface area contributed by atoms with Crippen molar-refractivity contribution in [1.29, 1.82) is 0 Å². The van der Waals surface area contributed by atoms with Crippen molar-refractivity contribution in [3.63, 3.8) is 0 Å². The molecular weight excluding hydrogens is 489 g/mol. The number of aromatic nitrogens is 5. The fourth-order valence-electron chi connectivity index (χ4n) is 5.08. The summed E-state index contributed by atoms with van der Waals surface area (Å²) < 4.78 is 43.0. The molecule has 10 nitrogen and oxygen atoms in total. The van der Waals surface area contributed by atoms with Crippen LogP contribution in [0.15, 0.2) is 28.9 Å². The largest absolute Gasteiger partial charge is 0.421 e. The minimum absolute atomic E-state index is 0.0153. The van der Waals surface area contributed by atoms with Crippen LogP contribution < -0.4 is 10.6 Å². The number of hydrogen-bond acceptors (Lipinski definition) is 7. The topological polar surface area (TPSA) is 125 Å². The third kappa shape index (κ3) is 4.57. The molecule has 35 heavy (non-hydrogen) atoms. The maximum atomic E-state index is 13.4. The maximum Gasteiger partial charge on any atom is 0.401 e. The van der Waals surface area contributed by atoms with Crippen LogP contribution in [-0.2, 0) is 12.1 Å². The lowest BCUT2D eigenvalue weighted by molar-refractivity contribution is -0.125. The molecule has 14 heteroatoms. The van der Waals surface area contributed by atoms with Gasteiger partial charge in [-0.1, -0.05) is 18.5 Å². The van der Waals surface area contributed by atoms with Gasteiger partial charge in [-0.05, 0) is 37.0 Å². The highest BCUT2D eigenvalue weighted by Crippen LogP contribution is 2.55. The van der Waals surface area contributed by atoms with Gasteiger partial charge in [-0.15, -0.1) is 10.2 Å². The Morgan fingerprint density at radius 3 is 2.91 bits per heavy atom. The number of H-pyrrole nitrogens is 1. The number of anilines is 1. The highest BCUT2D eigenvalue weighted by molar-refractivity contribution is 6.33. The molecule has 1 aromatic carbocycles. The lowest BCUT2D eigenvalue weighted by Gasteiger charge is -2.61. The van der Waals surface area contributed by atoms with Crippen molar-refractivity contribution in [2.24, 2.45) is 5.92 Å². The van der Waals surface area contributed by atoms with Crippen LogP contribution in [0.5, 0.6) is 0 Å².